The quantitative estimate of drug-likeness (QED) is 0.649. The number of imide groups is 1. The van der Waals surface area contributed by atoms with E-state index in [9.17, 15) is 22.8 Å². The number of hydrogen-bond donors (Lipinski definition) is 1. The summed E-state index contributed by atoms with van der Waals surface area (Å²) in [6.07, 6.45) is 0. The summed E-state index contributed by atoms with van der Waals surface area (Å²) in [4.78, 5) is 24.7. The van der Waals surface area contributed by atoms with Gasteiger partial charge in [-0.15, -0.1) is 0 Å². The number of nitrogens with two attached hydrogens (primary N) is 1. The largest absolute Gasteiger partial charge is 0.399 e. The second-order valence-corrected chi connectivity index (χ2v) is 4.47. The zero-order valence-electron chi connectivity index (χ0n) is 10.4. The molecule has 7 heteroatoms. The molecule has 0 radical (unpaired) electrons. The Balaban J connectivity index is 2.19. The molecule has 0 aliphatic carbocycles. The van der Waals surface area contributed by atoms with Gasteiger partial charge in [-0.2, -0.15) is 0 Å². The number of carbonyl (C=O) groups excluding carboxylic acids is 2. The number of benzene rings is 2. The average molecular weight is 292 g/mol. The first-order chi connectivity index (χ1) is 9.90. The van der Waals surface area contributed by atoms with Crippen molar-refractivity contribution in [3.8, 4) is 0 Å². The van der Waals surface area contributed by atoms with E-state index in [1.165, 1.54) is 18.2 Å². The second-order valence-electron chi connectivity index (χ2n) is 4.47. The molecule has 0 aromatic heterocycles. The molecule has 2 aromatic carbocycles. The molecule has 3 rings (SSSR count). The van der Waals surface area contributed by atoms with Crippen molar-refractivity contribution < 1.29 is 22.8 Å². The third-order valence-electron chi connectivity index (χ3n) is 3.12. The lowest BCUT2D eigenvalue weighted by atomic mass is 10.1. The van der Waals surface area contributed by atoms with Crippen LogP contribution in [0.3, 0.4) is 0 Å². The van der Waals surface area contributed by atoms with Gasteiger partial charge in [-0.1, -0.05) is 0 Å². The van der Waals surface area contributed by atoms with Crippen molar-refractivity contribution >= 4 is 23.2 Å². The molecule has 0 bridgehead atoms. The van der Waals surface area contributed by atoms with Crippen LogP contribution in [0.2, 0.25) is 0 Å². The zero-order valence-corrected chi connectivity index (χ0v) is 10.4. The maximum Gasteiger partial charge on any atom is 0.266 e. The number of anilines is 2. The number of carbonyl (C=O) groups is 2. The van der Waals surface area contributed by atoms with E-state index in [1.807, 2.05) is 0 Å². The van der Waals surface area contributed by atoms with E-state index in [-0.39, 0.29) is 16.8 Å². The van der Waals surface area contributed by atoms with Crippen molar-refractivity contribution in [1.29, 1.82) is 0 Å². The van der Waals surface area contributed by atoms with E-state index >= 15 is 0 Å². The molecular weight excluding hydrogens is 285 g/mol. The number of nitrogen functional groups attached to an aromatic ring is 1. The topological polar surface area (TPSA) is 63.4 Å². The Hall–Kier alpha value is -2.83. The molecule has 2 N–H and O–H groups in total. The molecule has 21 heavy (non-hydrogen) atoms. The third kappa shape index (κ3) is 1.85. The molecule has 2 aromatic rings. The number of rotatable bonds is 1. The van der Waals surface area contributed by atoms with Crippen LogP contribution in [0.1, 0.15) is 20.7 Å². The number of amides is 2. The van der Waals surface area contributed by atoms with Gasteiger partial charge in [0, 0.05) is 17.8 Å². The SMILES string of the molecule is Nc1ccc2c(c1)C(=O)N(c1c(F)cc(F)cc1F)C2=O. The number of nitrogens with zero attached hydrogens (tertiary/aromatic N) is 1. The fourth-order valence-corrected chi connectivity index (χ4v) is 2.21. The molecule has 0 unspecified atom stereocenters. The minimum Gasteiger partial charge on any atom is -0.399 e. The standard InChI is InChI=1S/C14H7F3N2O2/c15-6-3-10(16)12(11(17)4-6)19-13(20)8-2-1-7(18)5-9(8)14(19)21/h1-5H,18H2. The van der Waals surface area contributed by atoms with Crippen LogP contribution >= 0.6 is 0 Å². The summed E-state index contributed by atoms with van der Waals surface area (Å²) in [5, 5.41) is 0. The van der Waals surface area contributed by atoms with Gasteiger partial charge in [0.05, 0.1) is 11.1 Å². The van der Waals surface area contributed by atoms with Gasteiger partial charge in [0.2, 0.25) is 0 Å². The highest BCUT2D eigenvalue weighted by atomic mass is 19.1. The van der Waals surface area contributed by atoms with E-state index in [0.717, 1.165) is 0 Å². The van der Waals surface area contributed by atoms with Crippen LogP contribution in [0.5, 0.6) is 0 Å². The lowest BCUT2D eigenvalue weighted by Gasteiger charge is -2.15. The molecule has 0 saturated carbocycles. The Kier molecular flexibility index (Phi) is 2.72. The first kappa shape index (κ1) is 13.2. The Labute approximate surface area is 116 Å². The van der Waals surface area contributed by atoms with E-state index in [0.29, 0.717) is 17.0 Å². The Bertz CT molecular complexity index is 782. The Morgan fingerprint density at radius 2 is 1.43 bits per heavy atom. The van der Waals surface area contributed by atoms with Crippen molar-refractivity contribution in [2.24, 2.45) is 0 Å². The zero-order chi connectivity index (χ0) is 15.3. The van der Waals surface area contributed by atoms with Crippen LogP contribution in [0.15, 0.2) is 30.3 Å². The van der Waals surface area contributed by atoms with Gasteiger partial charge in [0.1, 0.15) is 11.5 Å². The molecular formula is C14H7F3N2O2. The van der Waals surface area contributed by atoms with Crippen LogP contribution < -0.4 is 10.6 Å². The molecule has 0 fully saturated rings. The fourth-order valence-electron chi connectivity index (χ4n) is 2.21. The summed E-state index contributed by atoms with van der Waals surface area (Å²) in [6.45, 7) is 0. The lowest BCUT2D eigenvalue weighted by molar-refractivity contribution is 0.0923. The van der Waals surface area contributed by atoms with Crippen molar-refractivity contribution in [1.82, 2.24) is 0 Å². The maximum atomic E-state index is 13.8. The molecule has 1 aliphatic rings. The predicted molar refractivity (Wildman–Crippen MR) is 68.3 cm³/mol. The van der Waals surface area contributed by atoms with Gasteiger partial charge < -0.3 is 5.73 Å². The number of fused-ring (bicyclic) bond motifs is 1. The minimum absolute atomic E-state index is 0.0164. The first-order valence-corrected chi connectivity index (χ1v) is 5.83. The average Bonchev–Trinajstić information content (AvgIpc) is 2.62. The summed E-state index contributed by atoms with van der Waals surface area (Å²) < 4.78 is 40.4. The van der Waals surface area contributed by atoms with Crippen molar-refractivity contribution in [2.45, 2.75) is 0 Å². The molecule has 1 aliphatic heterocycles. The van der Waals surface area contributed by atoms with Crippen molar-refractivity contribution in [3.63, 3.8) is 0 Å². The molecule has 0 atom stereocenters. The van der Waals surface area contributed by atoms with Crippen molar-refractivity contribution in [3.05, 3.63) is 58.9 Å². The van der Waals surface area contributed by atoms with Crippen LogP contribution in [-0.2, 0) is 0 Å². The predicted octanol–water partition coefficient (Wildman–Crippen LogP) is 2.49. The summed E-state index contributed by atoms with van der Waals surface area (Å²) in [6, 6.07) is 4.73. The second kappa shape index (κ2) is 4.34. The highest BCUT2D eigenvalue weighted by Gasteiger charge is 2.39. The van der Waals surface area contributed by atoms with Crippen molar-refractivity contribution in [2.75, 3.05) is 10.6 Å². The van der Waals surface area contributed by atoms with Gasteiger partial charge in [0.15, 0.2) is 11.6 Å². The normalized spacial score (nSPS) is 13.8. The number of hydrogen-bond acceptors (Lipinski definition) is 3. The van der Waals surface area contributed by atoms with Crippen LogP contribution in [0, 0.1) is 17.5 Å². The molecule has 106 valence electrons. The smallest absolute Gasteiger partial charge is 0.266 e. The Morgan fingerprint density at radius 1 is 0.857 bits per heavy atom. The van der Waals surface area contributed by atoms with E-state index in [2.05, 4.69) is 0 Å². The van der Waals surface area contributed by atoms with Crippen LogP contribution in [-0.4, -0.2) is 11.8 Å². The maximum absolute atomic E-state index is 13.8. The van der Waals surface area contributed by atoms with Crippen LogP contribution in [0.25, 0.3) is 0 Å². The van der Waals surface area contributed by atoms with Gasteiger partial charge >= 0.3 is 0 Å². The molecule has 4 nitrogen and oxygen atoms in total. The number of halogens is 3. The molecule has 0 saturated heterocycles. The first-order valence-electron chi connectivity index (χ1n) is 5.83. The lowest BCUT2D eigenvalue weighted by Crippen LogP contribution is -2.31. The van der Waals surface area contributed by atoms with E-state index in [1.54, 1.807) is 0 Å². The molecule has 0 spiro atoms. The highest BCUT2D eigenvalue weighted by Crippen LogP contribution is 2.33. The minimum atomic E-state index is -1.34. The summed E-state index contributed by atoms with van der Waals surface area (Å²) in [5.74, 6) is -5.62. The van der Waals surface area contributed by atoms with E-state index in [4.69, 9.17) is 5.73 Å². The summed E-state index contributed by atoms with van der Waals surface area (Å²) in [7, 11) is 0. The Morgan fingerprint density at radius 3 is 2.05 bits per heavy atom. The van der Waals surface area contributed by atoms with Crippen LogP contribution in [0.4, 0.5) is 24.5 Å². The van der Waals surface area contributed by atoms with Gasteiger partial charge in [0.25, 0.3) is 11.8 Å². The van der Waals surface area contributed by atoms with Gasteiger partial charge in [-0.05, 0) is 18.2 Å². The van der Waals surface area contributed by atoms with Gasteiger partial charge in [-0.3, -0.25) is 9.59 Å². The third-order valence-corrected chi connectivity index (χ3v) is 3.12. The monoisotopic (exact) mass is 292 g/mol. The molecule has 2 amide bonds. The van der Waals surface area contributed by atoms with Gasteiger partial charge in [-0.25, -0.2) is 18.1 Å². The molecule has 1 heterocycles. The fraction of sp³-hybridized carbons (Fsp3) is 0. The highest BCUT2D eigenvalue weighted by molar-refractivity contribution is 6.34. The summed E-state index contributed by atoms with van der Waals surface area (Å²) >= 11 is 0. The van der Waals surface area contributed by atoms with E-state index < -0.39 is 35.0 Å². The summed E-state index contributed by atoms with van der Waals surface area (Å²) in [5.41, 5.74) is 4.78.